The van der Waals surface area contributed by atoms with Crippen LogP contribution < -0.4 is 5.32 Å². The van der Waals surface area contributed by atoms with Gasteiger partial charge in [-0.3, -0.25) is 14.4 Å². The summed E-state index contributed by atoms with van der Waals surface area (Å²) >= 11 is 6.35. The van der Waals surface area contributed by atoms with Crippen LogP contribution in [0.5, 0.6) is 0 Å². The molecule has 1 atom stereocenters. The second-order valence-electron chi connectivity index (χ2n) is 7.79. The summed E-state index contributed by atoms with van der Waals surface area (Å²) in [5.41, 5.74) is 2.57. The number of hydrogen-bond acceptors (Lipinski definition) is 3. The molecule has 0 aliphatic carbocycles. The minimum atomic E-state index is -0.900. The Morgan fingerprint density at radius 1 is 1.34 bits per heavy atom. The molecule has 8 heteroatoms. The molecule has 29 heavy (non-hydrogen) atoms. The maximum atomic E-state index is 13.2. The van der Waals surface area contributed by atoms with Crippen molar-refractivity contribution in [1.29, 1.82) is 0 Å². The molecule has 2 heterocycles. The number of carbonyl (C=O) groups is 1. The van der Waals surface area contributed by atoms with E-state index in [1.807, 2.05) is 14.0 Å². The quantitative estimate of drug-likeness (QED) is 0.731. The third-order valence-corrected chi connectivity index (χ3v) is 5.98. The van der Waals surface area contributed by atoms with E-state index in [0.29, 0.717) is 23.1 Å². The number of piperidine rings is 1. The number of rotatable bonds is 7. The SMILES string of the molecule is Cc1nn(C)c(Cl)c1CN1CCC[C@@H](CCC(=O)NCc2ccc(F)c(F)c2)C1. The highest BCUT2D eigenvalue weighted by molar-refractivity contribution is 6.30. The summed E-state index contributed by atoms with van der Waals surface area (Å²) in [6.45, 7) is 4.90. The Bertz CT molecular complexity index is 871. The van der Waals surface area contributed by atoms with Gasteiger partial charge in [0.25, 0.3) is 0 Å². The smallest absolute Gasteiger partial charge is 0.220 e. The lowest BCUT2D eigenvalue weighted by atomic mass is 9.93. The van der Waals surface area contributed by atoms with E-state index in [9.17, 15) is 13.6 Å². The van der Waals surface area contributed by atoms with Crippen LogP contribution in [0.4, 0.5) is 8.78 Å². The molecule has 1 aliphatic rings. The number of nitrogens with one attached hydrogen (secondary N) is 1. The van der Waals surface area contributed by atoms with Gasteiger partial charge in [-0.15, -0.1) is 0 Å². The Balaban J connectivity index is 1.44. The van der Waals surface area contributed by atoms with E-state index < -0.39 is 11.6 Å². The van der Waals surface area contributed by atoms with Gasteiger partial charge in [-0.1, -0.05) is 17.7 Å². The zero-order valence-corrected chi connectivity index (χ0v) is 17.6. The second kappa shape index (κ2) is 9.67. The molecule has 0 radical (unpaired) electrons. The number of nitrogens with zero attached hydrogens (tertiary/aromatic N) is 3. The van der Waals surface area contributed by atoms with E-state index in [2.05, 4.69) is 15.3 Å². The fraction of sp³-hybridized carbons (Fsp3) is 0.524. The molecular formula is C21H27ClF2N4O. The maximum Gasteiger partial charge on any atom is 0.220 e. The van der Waals surface area contributed by atoms with Crippen molar-refractivity contribution in [1.82, 2.24) is 20.0 Å². The highest BCUT2D eigenvalue weighted by Gasteiger charge is 2.23. The fourth-order valence-electron chi connectivity index (χ4n) is 3.88. The Labute approximate surface area is 175 Å². The van der Waals surface area contributed by atoms with Gasteiger partial charge in [0.15, 0.2) is 11.6 Å². The van der Waals surface area contributed by atoms with Crippen molar-refractivity contribution < 1.29 is 13.6 Å². The highest BCUT2D eigenvalue weighted by Crippen LogP contribution is 2.26. The van der Waals surface area contributed by atoms with Gasteiger partial charge >= 0.3 is 0 Å². The van der Waals surface area contributed by atoms with E-state index in [1.54, 1.807) is 4.68 Å². The minimum absolute atomic E-state index is 0.0713. The maximum absolute atomic E-state index is 13.2. The number of aryl methyl sites for hydroxylation is 2. The van der Waals surface area contributed by atoms with E-state index in [0.717, 1.165) is 62.3 Å². The summed E-state index contributed by atoms with van der Waals surface area (Å²) in [6.07, 6.45) is 3.43. The van der Waals surface area contributed by atoms with Crippen molar-refractivity contribution in [3.8, 4) is 0 Å². The zero-order valence-electron chi connectivity index (χ0n) is 16.9. The zero-order chi connectivity index (χ0) is 21.0. The third-order valence-electron chi connectivity index (χ3n) is 5.51. The summed E-state index contributed by atoms with van der Waals surface area (Å²) in [5.74, 6) is -1.40. The predicted molar refractivity (Wildman–Crippen MR) is 108 cm³/mol. The van der Waals surface area contributed by atoms with Crippen LogP contribution in [0.2, 0.25) is 5.15 Å². The first kappa shape index (κ1) is 21.7. The van der Waals surface area contributed by atoms with Crippen LogP contribution in [-0.4, -0.2) is 33.7 Å². The first-order valence-electron chi connectivity index (χ1n) is 9.94. The van der Waals surface area contributed by atoms with Crippen molar-refractivity contribution in [3.05, 3.63) is 51.8 Å². The number of halogens is 3. The molecule has 5 nitrogen and oxygen atoms in total. The largest absolute Gasteiger partial charge is 0.352 e. The van der Waals surface area contributed by atoms with Crippen molar-refractivity contribution in [3.63, 3.8) is 0 Å². The molecule has 0 spiro atoms. The van der Waals surface area contributed by atoms with Gasteiger partial charge in [0.05, 0.1) is 5.69 Å². The van der Waals surface area contributed by atoms with Crippen molar-refractivity contribution >= 4 is 17.5 Å². The van der Waals surface area contributed by atoms with Gasteiger partial charge in [-0.05, 0) is 56.3 Å². The molecule has 1 amide bonds. The normalized spacial score (nSPS) is 17.5. The summed E-state index contributed by atoms with van der Waals surface area (Å²) in [6, 6.07) is 3.66. The summed E-state index contributed by atoms with van der Waals surface area (Å²) in [5, 5.41) is 7.84. The molecule has 0 unspecified atom stereocenters. The first-order valence-corrected chi connectivity index (χ1v) is 10.3. The van der Waals surface area contributed by atoms with E-state index in [4.69, 9.17) is 11.6 Å². The summed E-state index contributed by atoms with van der Waals surface area (Å²) in [7, 11) is 1.84. The van der Waals surface area contributed by atoms with Gasteiger partial charge < -0.3 is 5.32 Å². The van der Waals surface area contributed by atoms with Crippen molar-refractivity contribution in [2.75, 3.05) is 13.1 Å². The Morgan fingerprint density at radius 2 is 2.14 bits per heavy atom. The molecule has 0 bridgehead atoms. The minimum Gasteiger partial charge on any atom is -0.352 e. The third kappa shape index (κ3) is 5.76. The van der Waals surface area contributed by atoms with Crippen LogP contribution in [0.1, 0.15) is 42.5 Å². The number of hydrogen-bond donors (Lipinski definition) is 1. The highest BCUT2D eigenvalue weighted by atomic mass is 35.5. The molecule has 1 aromatic heterocycles. The predicted octanol–water partition coefficient (Wildman–Crippen LogP) is 3.97. The number of benzene rings is 1. The lowest BCUT2D eigenvalue weighted by molar-refractivity contribution is -0.121. The van der Waals surface area contributed by atoms with Crippen molar-refractivity contribution in [2.45, 2.75) is 45.7 Å². The molecule has 158 valence electrons. The van der Waals surface area contributed by atoms with Gasteiger partial charge in [0.2, 0.25) is 5.91 Å². The molecule has 1 N–H and O–H groups in total. The summed E-state index contributed by atoms with van der Waals surface area (Å²) in [4.78, 5) is 14.5. The standard InChI is InChI=1S/C21H27ClF2N4O/c1-14-17(21(22)27(2)26-14)13-28-9-3-4-15(12-28)6-8-20(29)25-11-16-5-7-18(23)19(24)10-16/h5,7,10,15H,3-4,6,8-9,11-13H2,1-2H3,(H,25,29)/t15-/m0/s1. The second-order valence-corrected chi connectivity index (χ2v) is 8.14. The fourth-order valence-corrected chi connectivity index (χ4v) is 4.12. The number of likely N-dealkylation sites (tertiary alicyclic amines) is 1. The molecular weight excluding hydrogens is 398 g/mol. The monoisotopic (exact) mass is 424 g/mol. The lowest BCUT2D eigenvalue weighted by Gasteiger charge is -2.32. The first-order chi connectivity index (χ1) is 13.8. The van der Waals surface area contributed by atoms with Gasteiger partial charge in [-0.2, -0.15) is 5.10 Å². The van der Waals surface area contributed by atoms with Gasteiger partial charge in [0.1, 0.15) is 5.15 Å². The van der Waals surface area contributed by atoms with E-state index >= 15 is 0 Å². The van der Waals surface area contributed by atoms with Gasteiger partial charge in [0, 0.05) is 38.7 Å². The number of amides is 1. The molecule has 0 saturated carbocycles. The van der Waals surface area contributed by atoms with E-state index in [-0.39, 0.29) is 12.5 Å². The number of aromatic nitrogens is 2. The molecule has 3 rings (SSSR count). The van der Waals surface area contributed by atoms with E-state index in [1.165, 1.54) is 6.07 Å². The van der Waals surface area contributed by atoms with Gasteiger partial charge in [-0.25, -0.2) is 8.78 Å². The average Bonchev–Trinajstić information content (AvgIpc) is 2.93. The molecule has 1 saturated heterocycles. The van der Waals surface area contributed by atoms with Crippen LogP contribution in [-0.2, 0) is 24.9 Å². The Kier molecular flexibility index (Phi) is 7.24. The molecule has 1 fully saturated rings. The van der Waals surface area contributed by atoms with Crippen LogP contribution in [0, 0.1) is 24.5 Å². The van der Waals surface area contributed by atoms with Crippen molar-refractivity contribution in [2.24, 2.45) is 13.0 Å². The van der Waals surface area contributed by atoms with Crippen LogP contribution >= 0.6 is 11.6 Å². The number of carbonyl (C=O) groups excluding carboxylic acids is 1. The molecule has 1 aromatic carbocycles. The molecule has 2 aromatic rings. The topological polar surface area (TPSA) is 50.2 Å². The lowest BCUT2D eigenvalue weighted by Crippen LogP contribution is -2.35. The van der Waals surface area contributed by atoms with Crippen LogP contribution in [0.25, 0.3) is 0 Å². The molecule has 1 aliphatic heterocycles. The van der Waals surface area contributed by atoms with Crippen LogP contribution in [0.3, 0.4) is 0 Å². The van der Waals surface area contributed by atoms with Crippen LogP contribution in [0.15, 0.2) is 18.2 Å². The summed E-state index contributed by atoms with van der Waals surface area (Å²) < 4.78 is 27.9. The average molecular weight is 425 g/mol. The Hall–Kier alpha value is -1.99. The Morgan fingerprint density at radius 3 is 2.83 bits per heavy atom.